The first-order valence-corrected chi connectivity index (χ1v) is 15.9. The Bertz CT molecular complexity index is 1650. The highest BCUT2D eigenvalue weighted by Crippen LogP contribution is 2.27. The lowest BCUT2D eigenvalue weighted by Crippen LogP contribution is -2.50. The van der Waals surface area contributed by atoms with Crippen LogP contribution < -0.4 is 5.32 Å². The molecule has 0 spiro atoms. The molecular weight excluding hydrogens is 652 g/mol. The van der Waals surface area contributed by atoms with Crippen LogP contribution in [0.4, 0.5) is 15.3 Å². The Morgan fingerprint density at radius 3 is 2.70 bits per heavy atom. The maximum Gasteiger partial charge on any atom is 0.410 e. The molecule has 2 aromatic rings. The number of aliphatic imine (C=N–C) groups is 2. The van der Waals surface area contributed by atoms with Crippen molar-refractivity contribution in [1.82, 2.24) is 9.80 Å². The Balaban J connectivity index is 1.41. The van der Waals surface area contributed by atoms with Crippen molar-refractivity contribution >= 4 is 68.2 Å². The molecule has 44 heavy (non-hydrogen) atoms. The van der Waals surface area contributed by atoms with Gasteiger partial charge in [0.1, 0.15) is 16.7 Å². The first kappa shape index (κ1) is 32.4. The number of likely N-dealkylation sites (tertiary alicyclic amines) is 1. The molecular formula is C30H29BrN6O6S. The summed E-state index contributed by atoms with van der Waals surface area (Å²) in [4.78, 5) is 49.7. The zero-order valence-corrected chi connectivity index (χ0v) is 26.1. The normalized spacial score (nSPS) is 15.8. The maximum atomic E-state index is 13.2. The summed E-state index contributed by atoms with van der Waals surface area (Å²) >= 11 is 3.25. The summed E-state index contributed by atoms with van der Waals surface area (Å²) in [5, 5.41) is 12.8. The predicted octanol–water partition coefficient (Wildman–Crippen LogP) is 3.81. The van der Waals surface area contributed by atoms with E-state index in [1.807, 2.05) is 29.2 Å². The van der Waals surface area contributed by atoms with Crippen molar-refractivity contribution in [2.45, 2.75) is 37.8 Å². The number of hydrogen-bond acceptors (Lipinski definition) is 7. The van der Waals surface area contributed by atoms with Crippen molar-refractivity contribution in [3.63, 3.8) is 0 Å². The van der Waals surface area contributed by atoms with Gasteiger partial charge >= 0.3 is 12.1 Å². The number of nitrogens with zero attached hydrogens (tertiary/aromatic N) is 5. The fourth-order valence-corrected chi connectivity index (χ4v) is 5.34. The van der Waals surface area contributed by atoms with E-state index in [1.54, 1.807) is 12.1 Å². The Morgan fingerprint density at radius 2 is 1.95 bits per heavy atom. The van der Waals surface area contributed by atoms with E-state index < -0.39 is 29.1 Å². The number of benzene rings is 2. The smallest absolute Gasteiger partial charge is 0.410 e. The molecule has 228 valence electrons. The largest absolute Gasteiger partial charge is 0.507 e. The van der Waals surface area contributed by atoms with Crippen LogP contribution in [0.3, 0.4) is 0 Å². The van der Waals surface area contributed by atoms with E-state index >= 15 is 0 Å². The van der Waals surface area contributed by atoms with Gasteiger partial charge in [-0.15, -0.1) is 4.40 Å². The molecule has 1 fully saturated rings. The van der Waals surface area contributed by atoms with Crippen molar-refractivity contribution < 1.29 is 28.4 Å². The van der Waals surface area contributed by atoms with Crippen molar-refractivity contribution in [2.24, 2.45) is 14.4 Å². The van der Waals surface area contributed by atoms with Gasteiger partial charge in [0.05, 0.1) is 28.3 Å². The number of hydrogen-bond donors (Lipinski definition) is 2. The number of anilines is 1. The summed E-state index contributed by atoms with van der Waals surface area (Å²) in [6.45, 7) is 1.26. The fraction of sp³-hybridized carbons (Fsp3) is 0.333. The van der Waals surface area contributed by atoms with Crippen LogP contribution in [0.1, 0.15) is 24.0 Å². The van der Waals surface area contributed by atoms with Gasteiger partial charge in [0.15, 0.2) is 6.10 Å². The topological polar surface area (TPSA) is 153 Å². The van der Waals surface area contributed by atoms with Crippen molar-refractivity contribution in [2.75, 3.05) is 31.2 Å². The number of para-hydroxylation sites is 1. The molecule has 14 heteroatoms. The number of phenolic OH excluding ortho intramolecular Hbond substituents is 1. The molecule has 2 N–H and O–H groups in total. The number of halogens is 1. The van der Waals surface area contributed by atoms with Crippen LogP contribution in [0, 0.1) is 0 Å². The van der Waals surface area contributed by atoms with Crippen LogP contribution in [0.15, 0.2) is 73.3 Å². The second-order valence-electron chi connectivity index (χ2n) is 9.81. The minimum Gasteiger partial charge on any atom is -0.507 e. The number of fused-ring (bicyclic) bond motifs is 1. The average molecular weight is 682 g/mol. The number of carbonyl (C=O) groups is 3. The minimum absolute atomic E-state index is 0.00991. The lowest BCUT2D eigenvalue weighted by molar-refractivity contribution is -0.126. The summed E-state index contributed by atoms with van der Waals surface area (Å²) in [6, 6.07) is 12.2. The molecule has 0 radical (unpaired) electrons. The molecule has 4 amide bonds. The SMILES string of the molecule is CS(=O)N=C=C=CN=C=C=NC(=O)[C@@H](Cc1ccc(O)c(Br)c1)OC(=O)N1CCC(N2CCc3ccccc3NC2=O)CC1. The molecule has 4 rings (SSSR count). The molecule has 1 unspecified atom stereocenters. The van der Waals surface area contributed by atoms with Gasteiger partial charge in [-0.1, -0.05) is 24.3 Å². The van der Waals surface area contributed by atoms with E-state index in [-0.39, 0.29) is 24.2 Å². The second kappa shape index (κ2) is 15.8. The van der Waals surface area contributed by atoms with Crippen LogP contribution >= 0.6 is 15.9 Å². The van der Waals surface area contributed by atoms with Crippen LogP contribution in [0.2, 0.25) is 0 Å². The van der Waals surface area contributed by atoms with Gasteiger partial charge in [-0.25, -0.2) is 13.8 Å². The molecule has 2 aliphatic heterocycles. The molecule has 0 aromatic heterocycles. The number of amides is 4. The molecule has 2 aromatic carbocycles. The zero-order chi connectivity index (χ0) is 31.5. The Kier molecular flexibility index (Phi) is 11.6. The fourth-order valence-electron chi connectivity index (χ4n) is 4.73. The summed E-state index contributed by atoms with van der Waals surface area (Å²) in [6.07, 6.45) is 2.35. The van der Waals surface area contributed by atoms with Crippen LogP contribution in [-0.4, -0.2) is 92.8 Å². The Hall–Kier alpha value is -4.53. The number of aromatic hydroxyl groups is 1. The van der Waals surface area contributed by atoms with Gasteiger partial charge in [-0.05, 0) is 70.2 Å². The zero-order valence-electron chi connectivity index (χ0n) is 23.7. The highest BCUT2D eigenvalue weighted by Gasteiger charge is 2.33. The molecule has 2 atom stereocenters. The highest BCUT2D eigenvalue weighted by molar-refractivity contribution is 9.10. The standard InChI is InChI=1S/C30H29BrN6O6S/c1-44(42)34-13-4-12-32-14-15-33-28(39)27(20-21-7-8-26(38)24(31)19-21)43-30(41)36-16-10-23(11-17-36)37-18-9-22-5-2-3-6-25(22)35-29(37)40/h2-3,5-8,12,19,23,27,38H,9-11,16-18,20H2,1H3,(H,35,40)/t27-,44?/m1/s1. The van der Waals surface area contributed by atoms with E-state index in [2.05, 4.69) is 59.0 Å². The van der Waals surface area contributed by atoms with Crippen LogP contribution in [0.5, 0.6) is 5.75 Å². The number of carbonyl (C=O) groups excluding carboxylic acids is 3. The number of ether oxygens (including phenoxy) is 1. The van der Waals surface area contributed by atoms with Gasteiger partial charge in [-0.2, -0.15) is 9.98 Å². The summed E-state index contributed by atoms with van der Waals surface area (Å²) in [5.41, 5.74) is 4.92. The van der Waals surface area contributed by atoms with Gasteiger partial charge in [0.25, 0.3) is 5.91 Å². The summed E-state index contributed by atoms with van der Waals surface area (Å²) in [7, 11) is -1.41. The van der Waals surface area contributed by atoms with E-state index in [4.69, 9.17) is 4.74 Å². The Morgan fingerprint density at radius 1 is 1.18 bits per heavy atom. The van der Waals surface area contributed by atoms with Crippen molar-refractivity contribution in [1.29, 1.82) is 0 Å². The Labute approximate surface area is 265 Å². The lowest BCUT2D eigenvalue weighted by Gasteiger charge is -2.37. The molecule has 0 saturated carbocycles. The van der Waals surface area contributed by atoms with E-state index in [1.165, 1.54) is 17.2 Å². The first-order valence-electron chi connectivity index (χ1n) is 13.6. The van der Waals surface area contributed by atoms with Crippen LogP contribution in [-0.2, 0) is 33.4 Å². The third-order valence-electron chi connectivity index (χ3n) is 6.91. The van der Waals surface area contributed by atoms with Gasteiger partial charge in [-0.3, -0.25) is 4.79 Å². The number of nitrogens with one attached hydrogen (secondary N) is 1. The highest BCUT2D eigenvalue weighted by atomic mass is 79.9. The molecule has 2 aliphatic rings. The molecule has 12 nitrogen and oxygen atoms in total. The summed E-state index contributed by atoms with van der Waals surface area (Å²) < 4.78 is 20.3. The molecule has 0 bridgehead atoms. The third kappa shape index (κ3) is 9.23. The summed E-state index contributed by atoms with van der Waals surface area (Å²) in [5.74, 6) is 6.05. The van der Waals surface area contributed by atoms with Gasteiger partial charge in [0.2, 0.25) is 0 Å². The van der Waals surface area contributed by atoms with Crippen LogP contribution in [0.25, 0.3) is 0 Å². The number of rotatable bonds is 7. The monoisotopic (exact) mass is 680 g/mol. The predicted molar refractivity (Wildman–Crippen MR) is 170 cm³/mol. The first-order chi connectivity index (χ1) is 21.2. The quantitative estimate of drug-likeness (QED) is 0.335. The maximum absolute atomic E-state index is 13.2. The van der Waals surface area contributed by atoms with Gasteiger partial charge < -0.3 is 25.0 Å². The lowest BCUT2D eigenvalue weighted by atomic mass is 10.0. The minimum atomic E-state index is -1.41. The van der Waals surface area contributed by atoms with Gasteiger partial charge in [0, 0.05) is 44.0 Å². The third-order valence-corrected chi connectivity index (χ3v) is 7.89. The number of phenols is 1. The van der Waals surface area contributed by atoms with Crippen molar-refractivity contribution in [3.8, 4) is 5.75 Å². The average Bonchev–Trinajstić information content (AvgIpc) is 3.17. The van der Waals surface area contributed by atoms with E-state index in [0.29, 0.717) is 42.5 Å². The molecule has 2 heterocycles. The van der Waals surface area contributed by atoms with E-state index in [0.717, 1.165) is 23.9 Å². The molecule has 1 saturated heterocycles. The number of urea groups is 1. The van der Waals surface area contributed by atoms with Crippen molar-refractivity contribution in [3.05, 3.63) is 70.0 Å². The number of piperidine rings is 1. The van der Waals surface area contributed by atoms with E-state index in [9.17, 15) is 23.7 Å². The second-order valence-corrected chi connectivity index (χ2v) is 11.7. The molecule has 0 aliphatic carbocycles.